The number of aromatic nitrogens is 1. The molecule has 0 unspecified atom stereocenters. The lowest BCUT2D eigenvalue weighted by Crippen LogP contribution is -2.08. The molecule has 0 aliphatic rings. The number of nitrogens with one attached hydrogen (secondary N) is 2. The van der Waals surface area contributed by atoms with Gasteiger partial charge in [-0.15, -0.1) is 0 Å². The van der Waals surface area contributed by atoms with Gasteiger partial charge in [-0.05, 0) is 47.9 Å². The third-order valence-corrected chi connectivity index (χ3v) is 4.64. The normalized spacial score (nSPS) is 10.7. The zero-order chi connectivity index (χ0) is 21.8. The molecule has 2 aromatic carbocycles. The number of anilines is 3. The van der Waals surface area contributed by atoms with E-state index in [0.717, 1.165) is 6.07 Å². The molecule has 4 N–H and O–H groups in total. The van der Waals surface area contributed by atoms with Crippen LogP contribution in [0.25, 0.3) is 0 Å². The molecule has 0 aliphatic carbocycles. The lowest BCUT2D eigenvalue weighted by atomic mass is 10.0. The lowest BCUT2D eigenvalue weighted by molar-refractivity contribution is 0.112. The summed E-state index contributed by atoms with van der Waals surface area (Å²) in [7, 11) is 0. The highest BCUT2D eigenvalue weighted by atomic mass is 32.2. The highest BCUT2D eigenvalue weighted by molar-refractivity contribution is 7.98. The Hall–Kier alpha value is -3.11. The number of carbonyl (C=O) groups is 1. The van der Waals surface area contributed by atoms with E-state index in [1.807, 2.05) is 0 Å². The molecule has 0 amide bonds. The van der Waals surface area contributed by atoms with Gasteiger partial charge in [0.15, 0.2) is 29.6 Å². The molecule has 0 aliphatic heterocycles. The van der Waals surface area contributed by atoms with E-state index < -0.39 is 29.0 Å². The summed E-state index contributed by atoms with van der Waals surface area (Å²) < 4.78 is 60.5. The monoisotopic (exact) mass is 436 g/mol. The summed E-state index contributed by atoms with van der Waals surface area (Å²) >= 11 is 0.629. The quantitative estimate of drug-likeness (QED) is 0.274. The summed E-state index contributed by atoms with van der Waals surface area (Å²) in [5, 5.41) is 7.65. The number of hydrogen-bond acceptors (Lipinski definition) is 6. The minimum Gasteiger partial charge on any atom is -0.350 e. The van der Waals surface area contributed by atoms with Gasteiger partial charge in [0.25, 0.3) is 0 Å². The summed E-state index contributed by atoms with van der Waals surface area (Å²) in [6.45, 7) is 1.67. The molecule has 5 nitrogen and oxygen atoms in total. The summed E-state index contributed by atoms with van der Waals surface area (Å²) in [5.74, 6) is -4.29. The smallest absolute Gasteiger partial charge is 0.183 e. The molecule has 3 rings (SSSR count). The number of benzene rings is 2. The summed E-state index contributed by atoms with van der Waals surface area (Å²) in [5.41, 5.74) is -0.467. The predicted molar refractivity (Wildman–Crippen MR) is 109 cm³/mol. The molecule has 0 saturated carbocycles. The lowest BCUT2D eigenvalue weighted by Gasteiger charge is -2.15. The summed E-state index contributed by atoms with van der Waals surface area (Å²) in [4.78, 5) is 15.3. The van der Waals surface area contributed by atoms with Crippen molar-refractivity contribution in [2.24, 2.45) is 5.14 Å². The van der Waals surface area contributed by atoms with E-state index in [1.165, 1.54) is 24.4 Å². The second kappa shape index (κ2) is 9.14. The molecule has 30 heavy (non-hydrogen) atoms. The average molecular weight is 436 g/mol. The van der Waals surface area contributed by atoms with Crippen LogP contribution in [0.15, 0.2) is 36.5 Å². The number of nitrogens with zero attached hydrogens (tertiary/aromatic N) is 1. The van der Waals surface area contributed by atoms with Crippen LogP contribution in [0.2, 0.25) is 0 Å². The van der Waals surface area contributed by atoms with Crippen molar-refractivity contribution in [3.63, 3.8) is 0 Å². The Bertz CT molecular complexity index is 1110. The van der Waals surface area contributed by atoms with E-state index in [1.54, 1.807) is 13.0 Å². The van der Waals surface area contributed by atoms with Crippen LogP contribution in [0, 0.1) is 30.2 Å². The molecule has 1 heterocycles. The fourth-order valence-corrected chi connectivity index (χ4v) is 3.11. The Kier molecular flexibility index (Phi) is 6.58. The molecule has 0 atom stereocenters. The summed E-state index contributed by atoms with van der Waals surface area (Å²) in [6, 6.07) is 6.52. The van der Waals surface area contributed by atoms with Crippen molar-refractivity contribution in [2.75, 3.05) is 10.0 Å². The van der Waals surface area contributed by atoms with E-state index in [-0.39, 0.29) is 34.6 Å². The van der Waals surface area contributed by atoms with Crippen molar-refractivity contribution < 1.29 is 22.4 Å². The zero-order valence-corrected chi connectivity index (χ0v) is 16.4. The minimum absolute atomic E-state index is 0.0157. The van der Waals surface area contributed by atoms with Gasteiger partial charge in [0.1, 0.15) is 5.82 Å². The first-order chi connectivity index (χ1) is 14.3. The van der Waals surface area contributed by atoms with Crippen LogP contribution in [0.3, 0.4) is 0 Å². The minimum atomic E-state index is -1.38. The molecular formula is C20H16F4N4OS. The first kappa shape index (κ1) is 21.6. The standard InChI is InChI=1S/C20H16F4N4OS/c1-10-2-3-15(14(21)6-10)27-19-13(9-29)8-12(16(22)18(19)24)7-11-4-5-26-20(17(11)23)28-30-25/h2-6,8-9,27H,7,25H2,1H3,(H,26,28). The number of aryl methyl sites for hydroxylation is 1. The van der Waals surface area contributed by atoms with Crippen LogP contribution in [0.5, 0.6) is 0 Å². The molecular weight excluding hydrogens is 420 g/mol. The highest BCUT2D eigenvalue weighted by Crippen LogP contribution is 2.31. The topological polar surface area (TPSA) is 80.0 Å². The SMILES string of the molecule is Cc1ccc(Nc2c(C=O)cc(Cc3ccnc(NSN)c3F)c(F)c2F)c(F)c1. The fourth-order valence-electron chi connectivity index (χ4n) is 2.86. The molecule has 156 valence electrons. The van der Waals surface area contributed by atoms with Gasteiger partial charge >= 0.3 is 0 Å². The Morgan fingerprint density at radius 3 is 2.50 bits per heavy atom. The van der Waals surface area contributed by atoms with Gasteiger partial charge in [0.2, 0.25) is 0 Å². The van der Waals surface area contributed by atoms with Gasteiger partial charge in [0, 0.05) is 30.3 Å². The zero-order valence-electron chi connectivity index (χ0n) is 15.6. The molecule has 0 spiro atoms. The van der Waals surface area contributed by atoms with Crippen LogP contribution in [-0.2, 0) is 6.42 Å². The number of hydrogen-bond donors (Lipinski definition) is 3. The number of halogens is 4. The number of nitrogens with two attached hydrogens (primary N) is 1. The van der Waals surface area contributed by atoms with Gasteiger partial charge in [-0.2, -0.15) is 0 Å². The van der Waals surface area contributed by atoms with Crippen molar-refractivity contribution >= 4 is 35.6 Å². The second-order valence-corrected chi connectivity index (χ2v) is 6.82. The van der Waals surface area contributed by atoms with Crippen LogP contribution < -0.4 is 15.2 Å². The fraction of sp³-hybridized carbons (Fsp3) is 0.100. The molecule has 1 aromatic heterocycles. The number of pyridine rings is 1. The van der Waals surface area contributed by atoms with Crippen molar-refractivity contribution in [3.05, 3.63) is 82.1 Å². The van der Waals surface area contributed by atoms with Gasteiger partial charge in [-0.3, -0.25) is 14.7 Å². The molecule has 10 heteroatoms. The molecule has 0 fully saturated rings. The number of rotatable bonds is 7. The van der Waals surface area contributed by atoms with Crippen LogP contribution in [0.1, 0.15) is 27.0 Å². The molecule has 3 aromatic rings. The Labute approximate surface area is 174 Å². The van der Waals surface area contributed by atoms with E-state index in [2.05, 4.69) is 15.0 Å². The predicted octanol–water partition coefficient (Wildman–Crippen LogP) is 5.03. The van der Waals surface area contributed by atoms with Crippen molar-refractivity contribution in [1.29, 1.82) is 0 Å². The Balaban J connectivity index is 2.00. The van der Waals surface area contributed by atoms with Gasteiger partial charge in [0.05, 0.1) is 11.4 Å². The summed E-state index contributed by atoms with van der Waals surface area (Å²) in [6.07, 6.45) is 1.24. The van der Waals surface area contributed by atoms with E-state index in [9.17, 15) is 22.4 Å². The first-order valence-electron chi connectivity index (χ1n) is 8.60. The maximum atomic E-state index is 14.8. The third-order valence-electron chi connectivity index (χ3n) is 4.33. The molecule has 0 saturated heterocycles. The first-order valence-corrected chi connectivity index (χ1v) is 9.48. The molecule has 0 bridgehead atoms. The number of carbonyl (C=O) groups excluding carboxylic acids is 1. The maximum absolute atomic E-state index is 14.8. The van der Waals surface area contributed by atoms with Gasteiger partial charge < -0.3 is 5.32 Å². The van der Waals surface area contributed by atoms with Crippen LogP contribution in [-0.4, -0.2) is 11.3 Å². The average Bonchev–Trinajstić information content (AvgIpc) is 2.72. The maximum Gasteiger partial charge on any atom is 0.183 e. The van der Waals surface area contributed by atoms with Crippen LogP contribution in [0.4, 0.5) is 34.8 Å². The molecule has 0 radical (unpaired) electrons. The Morgan fingerprint density at radius 2 is 1.83 bits per heavy atom. The Morgan fingerprint density at radius 1 is 1.07 bits per heavy atom. The van der Waals surface area contributed by atoms with Crippen LogP contribution >= 0.6 is 12.1 Å². The van der Waals surface area contributed by atoms with Crippen molar-refractivity contribution in [1.82, 2.24) is 4.98 Å². The third kappa shape index (κ3) is 4.39. The van der Waals surface area contributed by atoms with Gasteiger partial charge in [-0.1, -0.05) is 6.07 Å². The highest BCUT2D eigenvalue weighted by Gasteiger charge is 2.21. The largest absolute Gasteiger partial charge is 0.350 e. The van der Waals surface area contributed by atoms with Crippen molar-refractivity contribution in [2.45, 2.75) is 13.3 Å². The van der Waals surface area contributed by atoms with E-state index in [0.29, 0.717) is 24.0 Å². The van der Waals surface area contributed by atoms with Crippen molar-refractivity contribution in [3.8, 4) is 0 Å². The van der Waals surface area contributed by atoms with Gasteiger partial charge in [-0.25, -0.2) is 22.5 Å². The van der Waals surface area contributed by atoms with E-state index >= 15 is 0 Å². The number of aldehydes is 1. The second-order valence-electron chi connectivity index (χ2n) is 6.38. The van der Waals surface area contributed by atoms with E-state index in [4.69, 9.17) is 5.14 Å².